The molecule has 1 atom stereocenters. The van der Waals surface area contributed by atoms with Crippen LogP contribution in [-0.4, -0.2) is 47.5 Å². The Hall–Kier alpha value is -2.54. The van der Waals surface area contributed by atoms with Crippen molar-refractivity contribution in [2.45, 2.75) is 51.3 Å². The standard InChI is InChI=1S/C21H28N4O3/c1-27-16-9-7-15(8-10-16)13-25(14-17-4-3-11-28-17)21(26)22-12-20-18-5-2-6-19(18)23-24-20/h7-10,17H,2-6,11-14H2,1H3,(H,22,26)(H,23,24). The molecule has 2 aliphatic rings. The summed E-state index contributed by atoms with van der Waals surface area (Å²) in [7, 11) is 1.65. The Morgan fingerprint density at radius 1 is 1.32 bits per heavy atom. The molecule has 28 heavy (non-hydrogen) atoms. The number of aromatic amines is 1. The van der Waals surface area contributed by atoms with Crippen LogP contribution in [0.4, 0.5) is 4.79 Å². The van der Waals surface area contributed by atoms with Gasteiger partial charge in [0.1, 0.15) is 5.75 Å². The summed E-state index contributed by atoms with van der Waals surface area (Å²) in [6.07, 6.45) is 5.43. The van der Waals surface area contributed by atoms with Gasteiger partial charge in [-0.15, -0.1) is 0 Å². The first-order chi connectivity index (χ1) is 13.7. The summed E-state index contributed by atoms with van der Waals surface area (Å²) in [5.74, 6) is 0.811. The highest BCUT2D eigenvalue weighted by Crippen LogP contribution is 2.23. The van der Waals surface area contributed by atoms with E-state index in [0.29, 0.717) is 19.6 Å². The van der Waals surface area contributed by atoms with E-state index < -0.39 is 0 Å². The van der Waals surface area contributed by atoms with Crippen LogP contribution < -0.4 is 10.1 Å². The first-order valence-corrected chi connectivity index (χ1v) is 10.0. The zero-order chi connectivity index (χ0) is 19.3. The molecule has 0 spiro atoms. The van der Waals surface area contributed by atoms with Crippen LogP contribution in [0.1, 0.15) is 41.8 Å². The van der Waals surface area contributed by atoms with Gasteiger partial charge in [0.15, 0.2) is 0 Å². The van der Waals surface area contributed by atoms with E-state index in [0.717, 1.165) is 55.7 Å². The van der Waals surface area contributed by atoms with Crippen molar-refractivity contribution in [3.05, 3.63) is 46.8 Å². The Kier molecular flexibility index (Phi) is 5.81. The van der Waals surface area contributed by atoms with E-state index in [1.165, 1.54) is 11.3 Å². The molecule has 2 aromatic rings. The Morgan fingerprint density at radius 3 is 2.93 bits per heavy atom. The highest BCUT2D eigenvalue weighted by molar-refractivity contribution is 5.74. The third-order valence-electron chi connectivity index (χ3n) is 5.57. The maximum Gasteiger partial charge on any atom is 0.318 e. The first-order valence-electron chi connectivity index (χ1n) is 10.0. The molecule has 2 amide bonds. The molecule has 2 heterocycles. The zero-order valence-electron chi connectivity index (χ0n) is 16.4. The summed E-state index contributed by atoms with van der Waals surface area (Å²) in [6, 6.07) is 7.75. The largest absolute Gasteiger partial charge is 0.497 e. The topological polar surface area (TPSA) is 79.5 Å². The number of nitrogens with one attached hydrogen (secondary N) is 2. The van der Waals surface area contributed by atoms with Crippen LogP contribution in [0.3, 0.4) is 0 Å². The van der Waals surface area contributed by atoms with E-state index in [4.69, 9.17) is 9.47 Å². The molecule has 7 nitrogen and oxygen atoms in total. The number of methoxy groups -OCH3 is 1. The van der Waals surface area contributed by atoms with E-state index in [1.54, 1.807) is 7.11 Å². The lowest BCUT2D eigenvalue weighted by molar-refractivity contribution is 0.0794. The van der Waals surface area contributed by atoms with E-state index in [1.807, 2.05) is 29.2 Å². The smallest absolute Gasteiger partial charge is 0.318 e. The number of hydrogen-bond acceptors (Lipinski definition) is 4. The van der Waals surface area contributed by atoms with Gasteiger partial charge in [0.05, 0.1) is 25.5 Å². The van der Waals surface area contributed by atoms with Crippen molar-refractivity contribution in [1.82, 2.24) is 20.4 Å². The molecule has 1 aliphatic heterocycles. The molecule has 1 fully saturated rings. The van der Waals surface area contributed by atoms with Gasteiger partial charge >= 0.3 is 6.03 Å². The SMILES string of the molecule is COc1ccc(CN(CC2CCCO2)C(=O)NCc2n[nH]c3c2CCC3)cc1. The van der Waals surface area contributed by atoms with Gasteiger partial charge in [-0.05, 0) is 55.4 Å². The van der Waals surface area contributed by atoms with Crippen molar-refractivity contribution in [1.29, 1.82) is 0 Å². The molecule has 0 bridgehead atoms. The molecule has 1 unspecified atom stereocenters. The molecule has 1 aliphatic carbocycles. The molecular weight excluding hydrogens is 356 g/mol. The summed E-state index contributed by atoms with van der Waals surface area (Å²) in [6.45, 7) is 2.36. The fraction of sp³-hybridized carbons (Fsp3) is 0.524. The number of fused-ring (bicyclic) bond motifs is 1. The monoisotopic (exact) mass is 384 g/mol. The minimum atomic E-state index is -0.0823. The maximum atomic E-state index is 13.0. The quantitative estimate of drug-likeness (QED) is 0.769. The number of hydrogen-bond donors (Lipinski definition) is 2. The first kappa shape index (κ1) is 18.8. The lowest BCUT2D eigenvalue weighted by atomic mass is 10.2. The highest BCUT2D eigenvalue weighted by Gasteiger charge is 2.24. The van der Waals surface area contributed by atoms with Gasteiger partial charge < -0.3 is 19.7 Å². The second-order valence-electron chi connectivity index (χ2n) is 7.50. The predicted octanol–water partition coefficient (Wildman–Crippen LogP) is 2.80. The van der Waals surface area contributed by atoms with Crippen LogP contribution in [0.5, 0.6) is 5.75 Å². The van der Waals surface area contributed by atoms with E-state index in [-0.39, 0.29) is 12.1 Å². The number of rotatable bonds is 7. The van der Waals surface area contributed by atoms with Crippen LogP contribution >= 0.6 is 0 Å². The number of benzene rings is 1. The Morgan fingerprint density at radius 2 is 2.18 bits per heavy atom. The van der Waals surface area contributed by atoms with Gasteiger partial charge in [-0.2, -0.15) is 5.10 Å². The molecule has 1 saturated heterocycles. The van der Waals surface area contributed by atoms with E-state index in [9.17, 15) is 4.79 Å². The normalized spacial score (nSPS) is 18.1. The number of H-pyrrole nitrogens is 1. The fourth-order valence-electron chi connectivity index (χ4n) is 4.01. The number of urea groups is 1. The number of aromatic nitrogens is 2. The van der Waals surface area contributed by atoms with E-state index >= 15 is 0 Å². The number of aryl methyl sites for hydroxylation is 1. The van der Waals surface area contributed by atoms with Crippen LogP contribution in [0.15, 0.2) is 24.3 Å². The second kappa shape index (κ2) is 8.65. The van der Waals surface area contributed by atoms with Crippen LogP contribution in [0.2, 0.25) is 0 Å². The maximum absolute atomic E-state index is 13.0. The Bertz CT molecular complexity index is 796. The van der Waals surface area contributed by atoms with Gasteiger partial charge in [-0.25, -0.2) is 4.79 Å². The molecule has 1 aromatic carbocycles. The summed E-state index contributed by atoms with van der Waals surface area (Å²) in [5, 5.41) is 10.5. The van der Waals surface area contributed by atoms with Gasteiger partial charge in [0.25, 0.3) is 0 Å². The molecule has 4 rings (SSSR count). The molecule has 1 aromatic heterocycles. The van der Waals surface area contributed by atoms with Crippen molar-refractivity contribution in [3.8, 4) is 5.75 Å². The molecule has 0 radical (unpaired) electrons. The zero-order valence-corrected chi connectivity index (χ0v) is 16.4. The van der Waals surface area contributed by atoms with Crippen molar-refractivity contribution in [2.75, 3.05) is 20.3 Å². The second-order valence-corrected chi connectivity index (χ2v) is 7.50. The van der Waals surface area contributed by atoms with Crippen molar-refractivity contribution >= 4 is 6.03 Å². The van der Waals surface area contributed by atoms with Crippen molar-refractivity contribution < 1.29 is 14.3 Å². The number of ether oxygens (including phenoxy) is 2. The Balaban J connectivity index is 1.41. The third kappa shape index (κ3) is 4.30. The number of carbonyl (C=O) groups excluding carboxylic acids is 1. The number of amides is 2. The molecule has 2 N–H and O–H groups in total. The molecule has 7 heteroatoms. The lowest BCUT2D eigenvalue weighted by Gasteiger charge is -2.26. The summed E-state index contributed by atoms with van der Waals surface area (Å²) < 4.78 is 11.0. The van der Waals surface area contributed by atoms with Crippen LogP contribution in [0.25, 0.3) is 0 Å². The average Bonchev–Trinajstić information content (AvgIpc) is 3.45. The lowest BCUT2D eigenvalue weighted by Crippen LogP contribution is -2.43. The molecule has 0 saturated carbocycles. The van der Waals surface area contributed by atoms with Gasteiger partial charge in [0.2, 0.25) is 0 Å². The number of carbonyl (C=O) groups is 1. The van der Waals surface area contributed by atoms with Gasteiger partial charge in [0, 0.05) is 25.4 Å². The fourth-order valence-corrected chi connectivity index (χ4v) is 4.01. The van der Waals surface area contributed by atoms with Gasteiger partial charge in [-0.1, -0.05) is 12.1 Å². The summed E-state index contributed by atoms with van der Waals surface area (Å²) >= 11 is 0. The minimum absolute atomic E-state index is 0.0823. The van der Waals surface area contributed by atoms with Gasteiger partial charge in [-0.3, -0.25) is 5.10 Å². The average molecular weight is 384 g/mol. The van der Waals surface area contributed by atoms with Crippen molar-refractivity contribution in [2.24, 2.45) is 0 Å². The highest BCUT2D eigenvalue weighted by atomic mass is 16.5. The van der Waals surface area contributed by atoms with Crippen LogP contribution in [0, 0.1) is 0 Å². The molecular formula is C21H28N4O3. The third-order valence-corrected chi connectivity index (χ3v) is 5.57. The Labute approximate surface area is 165 Å². The minimum Gasteiger partial charge on any atom is -0.497 e. The van der Waals surface area contributed by atoms with Crippen molar-refractivity contribution in [3.63, 3.8) is 0 Å². The number of nitrogens with zero attached hydrogens (tertiary/aromatic N) is 2. The summed E-state index contributed by atoms with van der Waals surface area (Å²) in [5.41, 5.74) is 4.52. The summed E-state index contributed by atoms with van der Waals surface area (Å²) in [4.78, 5) is 14.8. The van der Waals surface area contributed by atoms with E-state index in [2.05, 4.69) is 15.5 Å². The molecule has 150 valence electrons. The van der Waals surface area contributed by atoms with Crippen LogP contribution in [-0.2, 0) is 30.7 Å². The predicted molar refractivity (Wildman–Crippen MR) is 105 cm³/mol.